The third-order valence-corrected chi connectivity index (χ3v) is 7.12. The number of piperazine rings is 1. The van der Waals surface area contributed by atoms with E-state index < -0.39 is 10.7 Å². The molecular weight excluding hydrogens is 498 g/mol. The van der Waals surface area contributed by atoms with Crippen LogP contribution in [0.1, 0.15) is 29.5 Å². The second kappa shape index (κ2) is 11.2. The summed E-state index contributed by atoms with van der Waals surface area (Å²) in [5.74, 6) is 0.251. The molecule has 2 N–H and O–H groups in total. The Kier molecular flexibility index (Phi) is 8.06. The summed E-state index contributed by atoms with van der Waals surface area (Å²) in [6.45, 7) is 5.96. The number of rotatable bonds is 8. The first-order valence-corrected chi connectivity index (χ1v) is 13.5. The van der Waals surface area contributed by atoms with E-state index in [9.17, 15) is 8.42 Å². The zero-order valence-corrected chi connectivity index (χ0v) is 21.2. The molecule has 1 atom stereocenters. The second-order valence-electron chi connectivity index (χ2n) is 8.52. The number of nitrogens with zero attached hydrogens (tertiary/aromatic N) is 1. The average molecular weight is 529 g/mol. The Morgan fingerprint density at radius 3 is 2.48 bits per heavy atom. The molecule has 0 aromatic heterocycles. The molecule has 3 aromatic carbocycles. The molecule has 1 aliphatic heterocycles. The fourth-order valence-electron chi connectivity index (χ4n) is 4.42. The van der Waals surface area contributed by atoms with Gasteiger partial charge in [0, 0.05) is 47.7 Å². The number of halogens is 1. The first kappa shape index (κ1) is 23.8. The molecule has 174 valence electrons. The van der Waals surface area contributed by atoms with Gasteiger partial charge in [-0.3, -0.25) is 0 Å². The van der Waals surface area contributed by atoms with Crippen molar-refractivity contribution in [3.63, 3.8) is 0 Å². The molecule has 0 aliphatic carbocycles. The van der Waals surface area contributed by atoms with Crippen molar-refractivity contribution in [2.24, 2.45) is 0 Å². The van der Waals surface area contributed by atoms with E-state index in [-0.39, 0.29) is 11.7 Å². The van der Waals surface area contributed by atoms with Crippen molar-refractivity contribution < 1.29 is 8.42 Å². The number of benzene rings is 3. The van der Waals surface area contributed by atoms with Crippen molar-refractivity contribution in [3.05, 3.63) is 87.9 Å². The molecule has 0 spiro atoms. The van der Waals surface area contributed by atoms with Crippen molar-refractivity contribution in [2.75, 3.05) is 36.4 Å². The predicted molar refractivity (Wildman–Crippen MR) is 142 cm³/mol. The molecule has 1 aliphatic rings. The highest BCUT2D eigenvalue weighted by Crippen LogP contribution is 2.37. The quantitative estimate of drug-likeness (QED) is 0.357. The van der Waals surface area contributed by atoms with Gasteiger partial charge < -0.3 is 15.5 Å². The van der Waals surface area contributed by atoms with Gasteiger partial charge in [0.25, 0.3) is 0 Å². The van der Waals surface area contributed by atoms with Crippen LogP contribution in [0.15, 0.2) is 71.2 Å². The minimum atomic E-state index is -2.55. The van der Waals surface area contributed by atoms with Gasteiger partial charge in [0.1, 0.15) is 10.7 Å². The largest absolute Gasteiger partial charge is 0.369 e. The number of hydrogen-bond donors (Lipinski definition) is 3. The summed E-state index contributed by atoms with van der Waals surface area (Å²) in [6, 6.07) is 22.6. The monoisotopic (exact) mass is 527 g/mol. The first-order valence-electron chi connectivity index (χ1n) is 11.3. The van der Waals surface area contributed by atoms with Crippen LogP contribution in [-0.2, 0) is 22.9 Å². The lowest BCUT2D eigenvalue weighted by Crippen LogP contribution is -2.44. The van der Waals surface area contributed by atoms with Gasteiger partial charge in [-0.25, -0.2) is 8.42 Å². The van der Waals surface area contributed by atoms with E-state index in [1.165, 1.54) is 16.8 Å². The fourth-order valence-corrected chi connectivity index (χ4v) is 5.40. The van der Waals surface area contributed by atoms with E-state index in [2.05, 4.69) is 68.7 Å². The lowest BCUT2D eigenvalue weighted by atomic mass is 9.90. The molecule has 0 radical (unpaired) electrons. The maximum Gasteiger partial charge on any atom is 0.144 e. The van der Waals surface area contributed by atoms with Crippen LogP contribution in [-0.4, -0.2) is 34.6 Å². The molecular formula is C26H30BrN3O2S. The summed E-state index contributed by atoms with van der Waals surface area (Å²) < 4.78 is 24.6. The average Bonchev–Trinajstić information content (AvgIpc) is 2.81. The summed E-state index contributed by atoms with van der Waals surface area (Å²) in [6.07, 6.45) is 0.882. The van der Waals surface area contributed by atoms with Crippen LogP contribution in [0.3, 0.4) is 0 Å². The lowest BCUT2D eigenvalue weighted by molar-refractivity contribution is 0.585. The van der Waals surface area contributed by atoms with Gasteiger partial charge in [-0.05, 0) is 59.4 Å². The fraction of sp³-hybridized carbons (Fsp3) is 0.308. The maximum atomic E-state index is 11.8. The Labute approximate surface area is 206 Å². The van der Waals surface area contributed by atoms with E-state index in [1.807, 2.05) is 36.4 Å². The second-order valence-corrected chi connectivity index (χ2v) is 10.4. The van der Waals surface area contributed by atoms with E-state index >= 15 is 0 Å². The summed E-state index contributed by atoms with van der Waals surface area (Å²) in [7, 11) is -2.55. The van der Waals surface area contributed by atoms with Crippen LogP contribution in [0.4, 0.5) is 17.1 Å². The molecule has 5 nitrogen and oxygen atoms in total. The summed E-state index contributed by atoms with van der Waals surface area (Å²) >= 11 is 3.57. The number of anilines is 3. The molecule has 0 bridgehead atoms. The van der Waals surface area contributed by atoms with E-state index in [4.69, 9.17) is 0 Å². The highest BCUT2D eigenvalue weighted by molar-refractivity contribution is 9.10. The van der Waals surface area contributed by atoms with Crippen LogP contribution < -0.4 is 15.5 Å². The molecule has 4 rings (SSSR count). The number of para-hydroxylation sites is 1. The van der Waals surface area contributed by atoms with Crippen molar-refractivity contribution in [1.82, 2.24) is 5.32 Å². The van der Waals surface area contributed by atoms with Gasteiger partial charge >= 0.3 is 0 Å². The Morgan fingerprint density at radius 2 is 1.79 bits per heavy atom. The third kappa shape index (κ3) is 6.37. The smallest absolute Gasteiger partial charge is 0.144 e. The lowest BCUT2D eigenvalue weighted by Gasteiger charge is -2.33. The maximum absolute atomic E-state index is 11.8. The normalized spacial score (nSPS) is 14.9. The number of thiol groups is 1. The van der Waals surface area contributed by atoms with Crippen LogP contribution in [0.25, 0.3) is 0 Å². The molecule has 1 saturated heterocycles. The van der Waals surface area contributed by atoms with Crippen molar-refractivity contribution in [3.8, 4) is 0 Å². The van der Waals surface area contributed by atoms with Gasteiger partial charge in [-0.15, -0.1) is 0 Å². The molecule has 0 amide bonds. The third-order valence-electron chi connectivity index (χ3n) is 6.02. The van der Waals surface area contributed by atoms with E-state index in [1.54, 1.807) is 0 Å². The van der Waals surface area contributed by atoms with Crippen LogP contribution in [0.2, 0.25) is 0 Å². The summed E-state index contributed by atoms with van der Waals surface area (Å²) in [4.78, 5) is 2.42. The van der Waals surface area contributed by atoms with Crippen molar-refractivity contribution in [2.45, 2.75) is 25.0 Å². The van der Waals surface area contributed by atoms with Gasteiger partial charge in [0.15, 0.2) is 0 Å². The first-order chi connectivity index (χ1) is 16.0. The number of hydrogen-bond acceptors (Lipinski definition) is 5. The molecule has 1 unspecified atom stereocenters. The SMILES string of the molecule is CC(Cc1cccc(Br)c1)c1cc(C[SH](=O)=O)c(Nc2ccccc2)cc1N1CCNCC1. The molecule has 1 fully saturated rings. The van der Waals surface area contributed by atoms with Crippen LogP contribution >= 0.6 is 15.9 Å². The number of nitrogens with one attached hydrogen (secondary N) is 2. The van der Waals surface area contributed by atoms with Crippen LogP contribution in [0, 0.1) is 0 Å². The Morgan fingerprint density at radius 1 is 1.03 bits per heavy atom. The Balaban J connectivity index is 1.76. The van der Waals surface area contributed by atoms with Crippen molar-refractivity contribution in [1.29, 1.82) is 0 Å². The van der Waals surface area contributed by atoms with Gasteiger partial charge in [-0.2, -0.15) is 0 Å². The summed E-state index contributed by atoms with van der Waals surface area (Å²) in [5, 5.41) is 6.89. The minimum absolute atomic E-state index is 0.0168. The van der Waals surface area contributed by atoms with Gasteiger partial charge in [-0.1, -0.05) is 59.3 Å². The highest BCUT2D eigenvalue weighted by atomic mass is 79.9. The minimum Gasteiger partial charge on any atom is -0.369 e. The van der Waals surface area contributed by atoms with Gasteiger partial charge in [0.05, 0.1) is 5.75 Å². The predicted octanol–water partition coefficient (Wildman–Crippen LogP) is 5.06. The summed E-state index contributed by atoms with van der Waals surface area (Å²) in [5.41, 5.74) is 6.24. The Bertz CT molecular complexity index is 1150. The standard InChI is InChI=1S/C26H30BrN3O2S/c1-19(14-20-6-5-7-22(27)15-20)24-16-21(18-33(31)32)25(29-23-8-3-2-4-9-23)17-26(24)30-12-10-28-11-13-30/h2-9,15-17,19,28-29,33H,10-14,18H2,1H3. The van der Waals surface area contributed by atoms with Crippen LogP contribution in [0.5, 0.6) is 0 Å². The van der Waals surface area contributed by atoms with Gasteiger partial charge in [0.2, 0.25) is 0 Å². The molecule has 0 saturated carbocycles. The topological polar surface area (TPSA) is 61.4 Å². The van der Waals surface area contributed by atoms with Crippen molar-refractivity contribution >= 4 is 43.7 Å². The van der Waals surface area contributed by atoms with E-state index in [0.717, 1.165) is 54.0 Å². The Hall–Kier alpha value is -2.35. The zero-order valence-electron chi connectivity index (χ0n) is 18.8. The molecule has 33 heavy (non-hydrogen) atoms. The highest BCUT2D eigenvalue weighted by Gasteiger charge is 2.21. The molecule has 3 aromatic rings. The molecule has 1 heterocycles. The van der Waals surface area contributed by atoms with E-state index in [0.29, 0.717) is 0 Å². The molecule has 7 heteroatoms. The zero-order chi connectivity index (χ0) is 23.2.